The number of rotatable bonds is 3. The molecule has 0 aliphatic carbocycles. The molecular formula is C13H18Cl2N2O. The lowest BCUT2D eigenvalue weighted by molar-refractivity contribution is -0.121. The minimum Gasteiger partial charge on any atom is -0.352 e. The molecule has 2 N–H and O–H groups in total. The van der Waals surface area contributed by atoms with Gasteiger partial charge < -0.3 is 10.6 Å². The predicted molar refractivity (Wildman–Crippen MR) is 76.4 cm³/mol. The first-order chi connectivity index (χ1) is 8.24. The highest BCUT2D eigenvalue weighted by Crippen LogP contribution is 2.10. The summed E-state index contributed by atoms with van der Waals surface area (Å²) in [5.41, 5.74) is 0.996. The molecule has 100 valence electrons. The molecule has 1 fully saturated rings. The maximum Gasteiger partial charge on any atom is 0.224 e. The maximum absolute atomic E-state index is 11.8. The molecule has 0 spiro atoms. The molecule has 18 heavy (non-hydrogen) atoms. The van der Waals surface area contributed by atoms with E-state index in [1.807, 2.05) is 24.3 Å². The topological polar surface area (TPSA) is 41.1 Å². The van der Waals surface area contributed by atoms with Gasteiger partial charge in [0.05, 0.1) is 6.42 Å². The second-order valence-electron chi connectivity index (χ2n) is 4.41. The van der Waals surface area contributed by atoms with Crippen molar-refractivity contribution < 1.29 is 4.79 Å². The smallest absolute Gasteiger partial charge is 0.224 e. The van der Waals surface area contributed by atoms with Crippen LogP contribution in [0.2, 0.25) is 5.02 Å². The normalized spacial score (nSPS) is 18.8. The van der Waals surface area contributed by atoms with Crippen LogP contribution in [0, 0.1) is 0 Å². The van der Waals surface area contributed by atoms with E-state index in [1.54, 1.807) is 0 Å². The standard InChI is InChI=1S/C13H17ClN2O.ClH/c14-11-5-3-10(4-6-11)8-13(17)16-12-2-1-7-15-9-12;/h3-6,12,15H,1-2,7-9H2,(H,16,17);1H/t12-;/m1./s1. The molecule has 0 radical (unpaired) electrons. The Hall–Kier alpha value is -0.770. The van der Waals surface area contributed by atoms with Crippen LogP contribution in [0.5, 0.6) is 0 Å². The summed E-state index contributed by atoms with van der Waals surface area (Å²) in [6.45, 7) is 1.94. The minimum absolute atomic E-state index is 0. The maximum atomic E-state index is 11.8. The molecule has 1 saturated heterocycles. The SMILES string of the molecule is Cl.O=C(Cc1ccc(Cl)cc1)N[C@@H]1CCCNC1. The van der Waals surface area contributed by atoms with Gasteiger partial charge >= 0.3 is 0 Å². The van der Waals surface area contributed by atoms with E-state index in [2.05, 4.69) is 10.6 Å². The third-order valence-corrected chi connectivity index (χ3v) is 3.19. The fraction of sp³-hybridized carbons (Fsp3) is 0.462. The Kier molecular flexibility index (Phi) is 6.47. The third-order valence-electron chi connectivity index (χ3n) is 2.94. The van der Waals surface area contributed by atoms with E-state index in [-0.39, 0.29) is 24.4 Å². The van der Waals surface area contributed by atoms with Gasteiger partial charge in [-0.2, -0.15) is 0 Å². The first-order valence-corrected chi connectivity index (χ1v) is 6.36. The quantitative estimate of drug-likeness (QED) is 0.895. The van der Waals surface area contributed by atoms with Gasteiger partial charge in [0.25, 0.3) is 0 Å². The molecular weight excluding hydrogens is 271 g/mol. The van der Waals surface area contributed by atoms with Crippen LogP contribution < -0.4 is 10.6 Å². The van der Waals surface area contributed by atoms with Crippen LogP contribution in [0.4, 0.5) is 0 Å². The Bertz CT molecular complexity index is 375. The molecule has 0 unspecified atom stereocenters. The fourth-order valence-electron chi connectivity index (χ4n) is 2.04. The number of amides is 1. The fourth-order valence-corrected chi connectivity index (χ4v) is 2.17. The summed E-state index contributed by atoms with van der Waals surface area (Å²) >= 11 is 5.80. The van der Waals surface area contributed by atoms with E-state index in [0.717, 1.165) is 31.5 Å². The lowest BCUT2D eigenvalue weighted by Gasteiger charge is -2.23. The molecule has 2 rings (SSSR count). The molecule has 1 heterocycles. The molecule has 0 saturated carbocycles. The van der Waals surface area contributed by atoms with Gasteiger partial charge in [0.1, 0.15) is 0 Å². The van der Waals surface area contributed by atoms with E-state index < -0.39 is 0 Å². The summed E-state index contributed by atoms with van der Waals surface area (Å²) in [5, 5.41) is 7.03. The Morgan fingerprint density at radius 3 is 2.72 bits per heavy atom. The molecule has 0 aromatic heterocycles. The van der Waals surface area contributed by atoms with Crippen LogP contribution in [0.15, 0.2) is 24.3 Å². The minimum atomic E-state index is 0. The zero-order valence-electron chi connectivity index (χ0n) is 10.1. The summed E-state index contributed by atoms with van der Waals surface area (Å²) in [6, 6.07) is 7.68. The van der Waals surface area contributed by atoms with Crippen LogP contribution in [0.3, 0.4) is 0 Å². The average molecular weight is 289 g/mol. The number of hydrogen-bond acceptors (Lipinski definition) is 2. The molecule has 0 bridgehead atoms. The number of carbonyl (C=O) groups excluding carboxylic acids is 1. The van der Waals surface area contributed by atoms with Crippen molar-refractivity contribution in [1.82, 2.24) is 10.6 Å². The lowest BCUT2D eigenvalue weighted by atomic mass is 10.1. The van der Waals surface area contributed by atoms with Crippen molar-refractivity contribution in [2.75, 3.05) is 13.1 Å². The average Bonchev–Trinajstić information content (AvgIpc) is 2.33. The van der Waals surface area contributed by atoms with Gasteiger partial charge in [-0.05, 0) is 37.1 Å². The zero-order valence-corrected chi connectivity index (χ0v) is 11.7. The second-order valence-corrected chi connectivity index (χ2v) is 4.85. The van der Waals surface area contributed by atoms with E-state index in [0.29, 0.717) is 11.4 Å². The summed E-state index contributed by atoms with van der Waals surface area (Å²) in [7, 11) is 0. The first-order valence-electron chi connectivity index (χ1n) is 5.98. The number of piperidine rings is 1. The van der Waals surface area contributed by atoms with Crippen molar-refractivity contribution in [3.63, 3.8) is 0 Å². The molecule has 1 atom stereocenters. The molecule has 1 amide bonds. The first kappa shape index (κ1) is 15.3. The van der Waals surface area contributed by atoms with E-state index in [1.165, 1.54) is 0 Å². The van der Waals surface area contributed by atoms with Gasteiger partial charge in [0, 0.05) is 17.6 Å². The van der Waals surface area contributed by atoms with Gasteiger partial charge in [0.2, 0.25) is 5.91 Å². The van der Waals surface area contributed by atoms with Gasteiger partial charge in [-0.25, -0.2) is 0 Å². The number of halogens is 2. The number of benzene rings is 1. The summed E-state index contributed by atoms with van der Waals surface area (Å²) < 4.78 is 0. The van der Waals surface area contributed by atoms with Gasteiger partial charge in [-0.15, -0.1) is 12.4 Å². The van der Waals surface area contributed by atoms with E-state index >= 15 is 0 Å². The van der Waals surface area contributed by atoms with E-state index in [9.17, 15) is 4.79 Å². The lowest BCUT2D eigenvalue weighted by Crippen LogP contribution is -2.46. The molecule has 5 heteroatoms. The molecule has 1 aliphatic heterocycles. The summed E-state index contributed by atoms with van der Waals surface area (Å²) in [5.74, 6) is 0.0843. The number of hydrogen-bond donors (Lipinski definition) is 2. The Balaban J connectivity index is 0.00000162. The predicted octanol–water partition coefficient (Wildman–Crippen LogP) is 2.17. The van der Waals surface area contributed by atoms with Crippen molar-refractivity contribution in [2.24, 2.45) is 0 Å². The van der Waals surface area contributed by atoms with Crippen molar-refractivity contribution in [2.45, 2.75) is 25.3 Å². The Morgan fingerprint density at radius 2 is 2.11 bits per heavy atom. The molecule has 3 nitrogen and oxygen atoms in total. The number of carbonyl (C=O) groups is 1. The van der Waals surface area contributed by atoms with Crippen molar-refractivity contribution in [1.29, 1.82) is 0 Å². The molecule has 1 aromatic rings. The van der Waals surface area contributed by atoms with Crippen molar-refractivity contribution in [3.05, 3.63) is 34.9 Å². The van der Waals surface area contributed by atoms with Gasteiger partial charge in [-0.3, -0.25) is 4.79 Å². The van der Waals surface area contributed by atoms with Crippen molar-refractivity contribution >= 4 is 29.9 Å². The van der Waals surface area contributed by atoms with Crippen LogP contribution in [-0.4, -0.2) is 25.0 Å². The van der Waals surface area contributed by atoms with Crippen LogP contribution in [-0.2, 0) is 11.2 Å². The largest absolute Gasteiger partial charge is 0.352 e. The van der Waals surface area contributed by atoms with Crippen LogP contribution >= 0.6 is 24.0 Å². The third kappa shape index (κ3) is 4.84. The monoisotopic (exact) mass is 288 g/mol. The van der Waals surface area contributed by atoms with E-state index in [4.69, 9.17) is 11.6 Å². The summed E-state index contributed by atoms with van der Waals surface area (Å²) in [6.07, 6.45) is 2.62. The highest BCUT2D eigenvalue weighted by atomic mass is 35.5. The Labute approximate surface area is 119 Å². The molecule has 1 aromatic carbocycles. The second kappa shape index (κ2) is 7.62. The van der Waals surface area contributed by atoms with Crippen LogP contribution in [0.25, 0.3) is 0 Å². The van der Waals surface area contributed by atoms with Gasteiger partial charge in [0.15, 0.2) is 0 Å². The van der Waals surface area contributed by atoms with Crippen LogP contribution in [0.1, 0.15) is 18.4 Å². The van der Waals surface area contributed by atoms with Crippen molar-refractivity contribution in [3.8, 4) is 0 Å². The summed E-state index contributed by atoms with van der Waals surface area (Å²) in [4.78, 5) is 11.8. The Morgan fingerprint density at radius 1 is 1.39 bits per heavy atom. The zero-order chi connectivity index (χ0) is 12.1. The number of nitrogens with one attached hydrogen (secondary N) is 2. The molecule has 1 aliphatic rings. The van der Waals surface area contributed by atoms with Gasteiger partial charge in [-0.1, -0.05) is 23.7 Å². The highest BCUT2D eigenvalue weighted by molar-refractivity contribution is 6.30. The highest BCUT2D eigenvalue weighted by Gasteiger charge is 2.15.